The van der Waals surface area contributed by atoms with Crippen molar-refractivity contribution in [3.63, 3.8) is 0 Å². The molecule has 1 saturated heterocycles. The van der Waals surface area contributed by atoms with Crippen molar-refractivity contribution in [3.8, 4) is 11.5 Å². The third-order valence-electron chi connectivity index (χ3n) is 8.83. The minimum Gasteiger partial charge on any atom is -0.493 e. The summed E-state index contributed by atoms with van der Waals surface area (Å²) in [6.07, 6.45) is 5.51. The normalized spacial score (nSPS) is 22.3. The van der Waals surface area contributed by atoms with Gasteiger partial charge in [0.25, 0.3) is 0 Å². The summed E-state index contributed by atoms with van der Waals surface area (Å²) < 4.78 is 17.4. The van der Waals surface area contributed by atoms with Crippen molar-refractivity contribution in [2.24, 2.45) is 5.41 Å². The molecule has 0 bridgehead atoms. The second kappa shape index (κ2) is 14.1. The third kappa shape index (κ3) is 7.53. The maximum atomic E-state index is 13.9. The van der Waals surface area contributed by atoms with Crippen molar-refractivity contribution in [3.05, 3.63) is 59.7 Å². The van der Waals surface area contributed by atoms with E-state index in [2.05, 4.69) is 12.2 Å². The Morgan fingerprint density at radius 3 is 2.51 bits per heavy atom. The van der Waals surface area contributed by atoms with Crippen LogP contribution in [0.25, 0.3) is 0 Å². The van der Waals surface area contributed by atoms with Crippen molar-refractivity contribution in [2.75, 3.05) is 20.2 Å². The number of carbonyl (C=O) groups is 2. The Morgan fingerprint density at radius 1 is 1.12 bits per heavy atom. The quantitative estimate of drug-likeness (QED) is 0.336. The highest BCUT2D eigenvalue weighted by atomic mass is 16.5. The first kappa shape index (κ1) is 30.7. The summed E-state index contributed by atoms with van der Waals surface area (Å²) in [6, 6.07) is 14.7. The molecule has 2 aromatic rings. The SMILES string of the molecule is CCCC[C@@H](NC(=O)OCc1ccccc1)C(=O)N1C[C@@H](c2ccc(OC)c(OC3CCCC3)c2)[C@](C)([C@@H](C)O)C1. The number of methoxy groups -OCH3 is 1. The number of alkyl carbamates (subject to hydrolysis) is 1. The molecule has 0 aromatic heterocycles. The number of carbonyl (C=O) groups excluding carboxylic acids is 2. The summed E-state index contributed by atoms with van der Waals surface area (Å²) in [6.45, 7) is 6.81. The number of benzene rings is 2. The molecule has 1 heterocycles. The van der Waals surface area contributed by atoms with Crippen LogP contribution in [0.4, 0.5) is 4.79 Å². The van der Waals surface area contributed by atoms with Crippen LogP contribution in [0, 0.1) is 5.41 Å². The number of hydrogen-bond donors (Lipinski definition) is 2. The molecular weight excluding hydrogens is 520 g/mol. The van der Waals surface area contributed by atoms with Gasteiger partial charge in [-0.05, 0) is 62.3 Å². The maximum Gasteiger partial charge on any atom is 0.408 e. The van der Waals surface area contributed by atoms with Crippen LogP contribution in [0.5, 0.6) is 11.5 Å². The second-order valence-electron chi connectivity index (χ2n) is 11.8. The van der Waals surface area contributed by atoms with Gasteiger partial charge >= 0.3 is 6.09 Å². The highest BCUT2D eigenvalue weighted by Crippen LogP contribution is 2.47. The van der Waals surface area contributed by atoms with Crippen LogP contribution in [-0.2, 0) is 16.1 Å². The molecule has 2 amide bonds. The summed E-state index contributed by atoms with van der Waals surface area (Å²) in [5, 5.41) is 13.8. The van der Waals surface area contributed by atoms with Gasteiger partial charge in [0.1, 0.15) is 12.6 Å². The number of aliphatic hydroxyl groups excluding tert-OH is 1. The van der Waals surface area contributed by atoms with Crippen LogP contribution >= 0.6 is 0 Å². The molecule has 0 spiro atoms. The van der Waals surface area contributed by atoms with Crippen LogP contribution in [-0.4, -0.2) is 60.5 Å². The third-order valence-corrected chi connectivity index (χ3v) is 8.83. The predicted molar refractivity (Wildman–Crippen MR) is 158 cm³/mol. The van der Waals surface area contributed by atoms with Crippen molar-refractivity contribution < 1.29 is 28.9 Å². The predicted octanol–water partition coefficient (Wildman–Crippen LogP) is 5.81. The van der Waals surface area contributed by atoms with Gasteiger partial charge in [0.05, 0.1) is 19.3 Å². The number of unbranched alkanes of at least 4 members (excludes halogenated alkanes) is 1. The van der Waals surface area contributed by atoms with E-state index in [0.717, 1.165) is 36.8 Å². The molecule has 2 N–H and O–H groups in total. The van der Waals surface area contributed by atoms with Crippen molar-refractivity contribution in [1.29, 1.82) is 0 Å². The van der Waals surface area contributed by atoms with E-state index < -0.39 is 23.7 Å². The molecule has 2 aliphatic rings. The van der Waals surface area contributed by atoms with Crippen LogP contribution < -0.4 is 14.8 Å². The molecule has 2 aromatic carbocycles. The molecule has 8 heteroatoms. The molecule has 1 aliphatic heterocycles. The lowest BCUT2D eigenvalue weighted by Crippen LogP contribution is -2.49. The Balaban J connectivity index is 1.51. The Bertz CT molecular complexity index is 1150. The largest absolute Gasteiger partial charge is 0.493 e. The van der Waals surface area contributed by atoms with E-state index in [4.69, 9.17) is 14.2 Å². The smallest absolute Gasteiger partial charge is 0.408 e. The molecule has 224 valence electrons. The zero-order chi connectivity index (χ0) is 29.4. The van der Waals surface area contributed by atoms with Crippen LogP contribution in [0.3, 0.4) is 0 Å². The number of hydrogen-bond acceptors (Lipinski definition) is 6. The Morgan fingerprint density at radius 2 is 1.85 bits per heavy atom. The number of nitrogens with one attached hydrogen (secondary N) is 1. The standard InChI is InChI=1S/C33H46N2O6/c1-5-6-16-28(34-32(38)40-21-24-12-8-7-9-13-24)31(37)35-20-27(33(3,22-35)23(2)36)25-17-18-29(39-4)30(19-25)41-26-14-10-11-15-26/h7-9,12-13,17-19,23,26-28,36H,5-6,10-11,14-16,20-22H2,1-4H3,(H,34,38)/t23-,27+,28-,33+/m1/s1. The fourth-order valence-corrected chi connectivity index (χ4v) is 6.07. The molecule has 4 atom stereocenters. The van der Waals surface area contributed by atoms with E-state index >= 15 is 0 Å². The molecule has 0 unspecified atom stereocenters. The average Bonchev–Trinajstić information content (AvgIpc) is 3.62. The highest BCUT2D eigenvalue weighted by molar-refractivity contribution is 5.86. The van der Waals surface area contributed by atoms with E-state index in [9.17, 15) is 14.7 Å². The first-order valence-electron chi connectivity index (χ1n) is 15.0. The van der Waals surface area contributed by atoms with Crippen molar-refractivity contribution in [2.45, 2.75) is 96.5 Å². The molecule has 8 nitrogen and oxygen atoms in total. The van der Waals surface area contributed by atoms with Gasteiger partial charge in [-0.15, -0.1) is 0 Å². The van der Waals surface area contributed by atoms with E-state index in [1.165, 1.54) is 12.8 Å². The molecular formula is C33H46N2O6. The zero-order valence-corrected chi connectivity index (χ0v) is 24.9. The van der Waals surface area contributed by atoms with Gasteiger partial charge in [0, 0.05) is 24.4 Å². The van der Waals surface area contributed by atoms with Crippen molar-refractivity contribution >= 4 is 12.0 Å². The first-order chi connectivity index (χ1) is 19.7. The lowest BCUT2D eigenvalue weighted by molar-refractivity contribution is -0.133. The fraction of sp³-hybridized carbons (Fsp3) is 0.576. The molecule has 1 aliphatic carbocycles. The Hall–Kier alpha value is -3.26. The average molecular weight is 567 g/mol. The topological polar surface area (TPSA) is 97.3 Å². The number of rotatable bonds is 12. The van der Waals surface area contributed by atoms with E-state index in [-0.39, 0.29) is 24.5 Å². The molecule has 2 fully saturated rings. The summed E-state index contributed by atoms with van der Waals surface area (Å²) >= 11 is 0. The van der Waals surface area contributed by atoms with E-state index in [0.29, 0.717) is 31.0 Å². The number of nitrogens with zero attached hydrogens (tertiary/aromatic N) is 1. The fourth-order valence-electron chi connectivity index (χ4n) is 6.07. The molecule has 1 saturated carbocycles. The minimum absolute atomic E-state index is 0.125. The van der Waals surface area contributed by atoms with E-state index in [1.807, 2.05) is 55.5 Å². The second-order valence-corrected chi connectivity index (χ2v) is 11.8. The Labute approximate surface area is 244 Å². The van der Waals surface area contributed by atoms with Gasteiger partial charge in [0.2, 0.25) is 5.91 Å². The molecule has 4 rings (SSSR count). The number of amides is 2. The van der Waals surface area contributed by atoms with Crippen LogP contribution in [0.1, 0.15) is 82.8 Å². The maximum absolute atomic E-state index is 13.9. The van der Waals surface area contributed by atoms with Gasteiger partial charge in [0.15, 0.2) is 11.5 Å². The summed E-state index contributed by atoms with van der Waals surface area (Å²) in [7, 11) is 1.64. The lowest BCUT2D eigenvalue weighted by Gasteiger charge is -2.34. The Kier molecular flexibility index (Phi) is 10.5. The van der Waals surface area contributed by atoms with Gasteiger partial charge in [-0.1, -0.05) is 63.1 Å². The number of ether oxygens (including phenoxy) is 3. The van der Waals surface area contributed by atoms with Crippen LogP contribution in [0.2, 0.25) is 0 Å². The summed E-state index contributed by atoms with van der Waals surface area (Å²) in [5.41, 5.74) is 1.29. The van der Waals surface area contributed by atoms with Gasteiger partial charge in [-0.2, -0.15) is 0 Å². The number of likely N-dealkylation sites (tertiary alicyclic amines) is 1. The van der Waals surface area contributed by atoms with Crippen LogP contribution in [0.15, 0.2) is 48.5 Å². The van der Waals surface area contributed by atoms with Gasteiger partial charge in [-0.3, -0.25) is 4.79 Å². The minimum atomic E-state index is -0.702. The molecule has 0 radical (unpaired) electrons. The van der Waals surface area contributed by atoms with Gasteiger partial charge in [-0.25, -0.2) is 4.79 Å². The van der Waals surface area contributed by atoms with Gasteiger partial charge < -0.3 is 29.5 Å². The number of aliphatic hydroxyl groups is 1. The van der Waals surface area contributed by atoms with Crippen molar-refractivity contribution in [1.82, 2.24) is 10.2 Å². The summed E-state index contributed by atoms with van der Waals surface area (Å²) in [5.74, 6) is 1.11. The first-order valence-corrected chi connectivity index (χ1v) is 15.0. The highest BCUT2D eigenvalue weighted by Gasteiger charge is 2.49. The monoisotopic (exact) mass is 566 g/mol. The van der Waals surface area contributed by atoms with E-state index in [1.54, 1.807) is 18.9 Å². The lowest BCUT2D eigenvalue weighted by atomic mass is 9.72. The zero-order valence-electron chi connectivity index (χ0n) is 24.9. The molecule has 41 heavy (non-hydrogen) atoms. The summed E-state index contributed by atoms with van der Waals surface area (Å²) in [4.78, 5) is 28.4.